The van der Waals surface area contributed by atoms with Crippen LogP contribution in [0.4, 0.5) is 0 Å². The molecule has 32 heavy (non-hydrogen) atoms. The quantitative estimate of drug-likeness (QED) is 0.496. The fourth-order valence-electron chi connectivity index (χ4n) is 9.00. The summed E-state index contributed by atoms with van der Waals surface area (Å²) in [6, 6.07) is 0. The molecule has 0 spiro atoms. The number of carboxylic acid groups (broad SMARTS) is 1. The molecule has 182 valence electrons. The van der Waals surface area contributed by atoms with Crippen molar-refractivity contribution < 1.29 is 24.9 Å². The Kier molecular flexibility index (Phi) is 6.68. The molecule has 4 aliphatic rings. The van der Waals surface area contributed by atoms with Gasteiger partial charge >= 0.3 is 5.97 Å². The summed E-state index contributed by atoms with van der Waals surface area (Å²) in [5.74, 6) is 1.66. The highest BCUT2D eigenvalue weighted by Gasteiger charge is 2.62. The molecule has 6 unspecified atom stereocenters. The lowest BCUT2D eigenvalue weighted by atomic mass is 9.43. The molecule has 1 amide bonds. The van der Waals surface area contributed by atoms with Gasteiger partial charge in [0.1, 0.15) is 6.54 Å². The Morgan fingerprint density at radius 3 is 2.41 bits per heavy atom. The van der Waals surface area contributed by atoms with Crippen molar-refractivity contribution in [2.75, 3.05) is 6.54 Å². The molecule has 0 heterocycles. The third kappa shape index (κ3) is 4.11. The van der Waals surface area contributed by atoms with E-state index in [1.54, 1.807) is 0 Å². The van der Waals surface area contributed by atoms with Crippen molar-refractivity contribution in [3.05, 3.63) is 0 Å². The summed E-state index contributed by atoms with van der Waals surface area (Å²) >= 11 is 0. The number of aliphatic hydroxyl groups is 2. The van der Waals surface area contributed by atoms with E-state index < -0.39 is 5.97 Å². The number of carboxylic acids is 1. The van der Waals surface area contributed by atoms with Crippen LogP contribution in [0.2, 0.25) is 0 Å². The van der Waals surface area contributed by atoms with Gasteiger partial charge in [0.25, 0.3) is 0 Å². The molecule has 4 fully saturated rings. The van der Waals surface area contributed by atoms with E-state index in [0.717, 1.165) is 44.9 Å². The summed E-state index contributed by atoms with van der Waals surface area (Å²) in [5.41, 5.74) is 0.451. The van der Waals surface area contributed by atoms with E-state index in [-0.39, 0.29) is 35.5 Å². The van der Waals surface area contributed by atoms with Gasteiger partial charge in [-0.2, -0.15) is 0 Å². The maximum absolute atomic E-state index is 12.0. The molecule has 6 nitrogen and oxygen atoms in total. The van der Waals surface area contributed by atoms with Crippen LogP contribution >= 0.6 is 0 Å². The van der Waals surface area contributed by atoms with E-state index in [9.17, 15) is 19.8 Å². The summed E-state index contributed by atoms with van der Waals surface area (Å²) in [5, 5.41) is 32.8. The highest BCUT2D eigenvalue weighted by molar-refractivity contribution is 5.81. The van der Waals surface area contributed by atoms with Gasteiger partial charge < -0.3 is 20.6 Å². The monoisotopic (exact) mass is 449 g/mol. The Morgan fingerprint density at radius 1 is 1.00 bits per heavy atom. The topological polar surface area (TPSA) is 107 Å². The summed E-state index contributed by atoms with van der Waals surface area (Å²) in [7, 11) is 0. The summed E-state index contributed by atoms with van der Waals surface area (Å²) in [4.78, 5) is 22.7. The third-order valence-corrected chi connectivity index (χ3v) is 10.7. The van der Waals surface area contributed by atoms with Crippen LogP contribution in [-0.2, 0) is 9.59 Å². The Balaban J connectivity index is 1.44. The predicted molar refractivity (Wildman–Crippen MR) is 122 cm³/mol. The van der Waals surface area contributed by atoms with Crippen molar-refractivity contribution >= 4 is 11.9 Å². The first-order chi connectivity index (χ1) is 15.1. The fraction of sp³-hybridized carbons (Fsp3) is 0.923. The van der Waals surface area contributed by atoms with Crippen molar-refractivity contribution in [1.82, 2.24) is 5.32 Å². The normalized spacial score (nSPS) is 46.5. The molecule has 6 heteroatoms. The van der Waals surface area contributed by atoms with Crippen molar-refractivity contribution in [3.8, 4) is 0 Å². The molecule has 0 aliphatic heterocycles. The number of nitrogens with one attached hydrogen (secondary N) is 1. The van der Waals surface area contributed by atoms with E-state index in [1.807, 2.05) is 0 Å². The molecule has 4 aliphatic carbocycles. The zero-order valence-corrected chi connectivity index (χ0v) is 20.1. The van der Waals surface area contributed by atoms with Crippen LogP contribution in [0.15, 0.2) is 0 Å². The number of aliphatic carboxylic acids is 1. The van der Waals surface area contributed by atoms with Gasteiger partial charge in [0.15, 0.2) is 0 Å². The first-order valence-corrected chi connectivity index (χ1v) is 12.9. The molecule has 4 rings (SSSR count). The highest BCUT2D eigenvalue weighted by Crippen LogP contribution is 2.68. The van der Waals surface area contributed by atoms with Crippen LogP contribution in [-0.4, -0.2) is 45.9 Å². The standard InChI is InChI=1S/C26H43NO5/c1-15(4-7-22(30)27-14-23(31)32)18-5-6-19-24-20(9-11-26(18,19)3)25(2)10-8-17(28)12-16(25)13-21(24)29/h15-21,24,28-29H,4-14H2,1-3H3,(H,27,30)(H,31,32)/t15?,16?,17-,18?,19?,20?,21-,24?,25+,26-/m1/s1. The lowest BCUT2D eigenvalue weighted by molar-refractivity contribution is -0.174. The maximum atomic E-state index is 12.0. The number of hydrogen-bond donors (Lipinski definition) is 4. The third-order valence-electron chi connectivity index (χ3n) is 10.7. The molecule has 0 aromatic heterocycles. The first-order valence-electron chi connectivity index (χ1n) is 12.9. The second-order valence-corrected chi connectivity index (χ2v) is 12.1. The van der Waals surface area contributed by atoms with Crippen LogP contribution in [0.25, 0.3) is 0 Å². The van der Waals surface area contributed by atoms with E-state index >= 15 is 0 Å². The summed E-state index contributed by atoms with van der Waals surface area (Å²) in [6.07, 6.45) is 9.06. The van der Waals surface area contributed by atoms with E-state index in [1.165, 1.54) is 12.8 Å². The minimum atomic E-state index is -1.01. The highest BCUT2D eigenvalue weighted by atomic mass is 16.4. The van der Waals surface area contributed by atoms with Gasteiger partial charge in [-0.3, -0.25) is 9.59 Å². The lowest BCUT2D eigenvalue weighted by Gasteiger charge is -2.62. The zero-order valence-electron chi connectivity index (χ0n) is 20.1. The molecule has 4 N–H and O–H groups in total. The lowest BCUT2D eigenvalue weighted by Crippen LogP contribution is -2.58. The largest absolute Gasteiger partial charge is 0.480 e. The van der Waals surface area contributed by atoms with Gasteiger partial charge in [-0.1, -0.05) is 20.8 Å². The fourth-order valence-corrected chi connectivity index (χ4v) is 9.00. The van der Waals surface area contributed by atoms with Gasteiger partial charge in [-0.05, 0) is 104 Å². The second kappa shape index (κ2) is 8.90. The number of fused-ring (bicyclic) bond motifs is 5. The molecule has 4 saturated carbocycles. The summed E-state index contributed by atoms with van der Waals surface area (Å²) < 4.78 is 0. The van der Waals surface area contributed by atoms with Gasteiger partial charge in [0.05, 0.1) is 12.2 Å². The zero-order chi connectivity index (χ0) is 23.3. The van der Waals surface area contributed by atoms with Crippen LogP contribution in [0, 0.1) is 46.3 Å². The molecule has 0 saturated heterocycles. The molecule has 0 radical (unpaired) electrons. The number of rotatable bonds is 6. The molecular formula is C26H43NO5. The minimum absolute atomic E-state index is 0.177. The number of carbonyl (C=O) groups is 2. The van der Waals surface area contributed by atoms with Gasteiger partial charge in [-0.15, -0.1) is 0 Å². The average Bonchev–Trinajstić information content (AvgIpc) is 3.09. The molecular weight excluding hydrogens is 406 g/mol. The maximum Gasteiger partial charge on any atom is 0.322 e. The minimum Gasteiger partial charge on any atom is -0.480 e. The van der Waals surface area contributed by atoms with E-state index in [0.29, 0.717) is 41.9 Å². The van der Waals surface area contributed by atoms with Gasteiger partial charge in [-0.25, -0.2) is 0 Å². The SMILES string of the molecule is CC(CCC(=O)NCC(=O)O)C1CCC2C3C(CC[C@]12C)[C@@]1(C)CC[C@@H](O)CC1C[C@H]3O. The number of hydrogen-bond acceptors (Lipinski definition) is 4. The van der Waals surface area contributed by atoms with Crippen LogP contribution < -0.4 is 5.32 Å². The van der Waals surface area contributed by atoms with Crippen molar-refractivity contribution in [3.63, 3.8) is 0 Å². The van der Waals surface area contributed by atoms with Crippen LogP contribution in [0.1, 0.15) is 85.0 Å². The molecule has 0 bridgehead atoms. The van der Waals surface area contributed by atoms with Crippen molar-refractivity contribution in [2.45, 2.75) is 97.2 Å². The Hall–Kier alpha value is -1.14. The number of carbonyl (C=O) groups excluding carboxylic acids is 1. The molecule has 0 aromatic rings. The number of aliphatic hydroxyl groups excluding tert-OH is 2. The smallest absolute Gasteiger partial charge is 0.322 e. The molecule has 10 atom stereocenters. The second-order valence-electron chi connectivity index (χ2n) is 12.1. The van der Waals surface area contributed by atoms with Gasteiger partial charge in [0, 0.05) is 6.42 Å². The van der Waals surface area contributed by atoms with Crippen LogP contribution in [0.3, 0.4) is 0 Å². The van der Waals surface area contributed by atoms with Gasteiger partial charge in [0.2, 0.25) is 5.91 Å². The van der Waals surface area contributed by atoms with E-state index in [4.69, 9.17) is 5.11 Å². The first kappa shape index (κ1) is 24.0. The van der Waals surface area contributed by atoms with E-state index in [2.05, 4.69) is 26.1 Å². The van der Waals surface area contributed by atoms with Crippen molar-refractivity contribution in [2.24, 2.45) is 46.3 Å². The molecule has 0 aromatic carbocycles. The number of amides is 1. The Labute approximate surface area is 192 Å². The predicted octanol–water partition coefficient (Wildman–Crippen LogP) is 3.59. The van der Waals surface area contributed by atoms with Crippen molar-refractivity contribution in [1.29, 1.82) is 0 Å². The average molecular weight is 450 g/mol. The van der Waals surface area contributed by atoms with Crippen LogP contribution in [0.5, 0.6) is 0 Å². The Morgan fingerprint density at radius 2 is 1.69 bits per heavy atom. The summed E-state index contributed by atoms with van der Waals surface area (Å²) in [6.45, 7) is 6.83. The Bertz CT molecular complexity index is 727.